The highest BCUT2D eigenvalue weighted by atomic mass is 19.1. The predicted octanol–water partition coefficient (Wildman–Crippen LogP) is 3.00. The fourth-order valence-corrected chi connectivity index (χ4v) is 1.18. The van der Waals surface area contributed by atoms with E-state index in [1.807, 2.05) is 13.8 Å². The molecule has 0 saturated carbocycles. The molecular formula is C11H11FN2O. The molecule has 0 spiro atoms. The van der Waals surface area contributed by atoms with Gasteiger partial charge in [-0.05, 0) is 24.3 Å². The third kappa shape index (κ3) is 2.03. The Hall–Kier alpha value is -1.71. The van der Waals surface area contributed by atoms with Crippen LogP contribution in [0.1, 0.15) is 25.7 Å². The van der Waals surface area contributed by atoms with Crippen molar-refractivity contribution in [3.8, 4) is 11.5 Å². The van der Waals surface area contributed by atoms with E-state index in [1.165, 1.54) is 12.1 Å². The molecule has 0 N–H and O–H groups in total. The zero-order valence-corrected chi connectivity index (χ0v) is 8.57. The van der Waals surface area contributed by atoms with Crippen molar-refractivity contribution < 1.29 is 8.81 Å². The molecule has 0 aliphatic carbocycles. The number of hydrogen-bond acceptors (Lipinski definition) is 3. The lowest BCUT2D eigenvalue weighted by Crippen LogP contribution is -1.85. The van der Waals surface area contributed by atoms with E-state index in [-0.39, 0.29) is 11.7 Å². The maximum absolute atomic E-state index is 12.7. The first-order valence-electron chi connectivity index (χ1n) is 4.76. The zero-order valence-electron chi connectivity index (χ0n) is 8.57. The van der Waals surface area contributed by atoms with Crippen LogP contribution < -0.4 is 0 Å². The van der Waals surface area contributed by atoms with Crippen LogP contribution in [0.15, 0.2) is 28.7 Å². The summed E-state index contributed by atoms with van der Waals surface area (Å²) in [6, 6.07) is 5.98. The number of rotatable bonds is 2. The lowest BCUT2D eigenvalue weighted by atomic mass is 10.2. The Morgan fingerprint density at radius 2 is 1.80 bits per heavy atom. The summed E-state index contributed by atoms with van der Waals surface area (Å²) in [7, 11) is 0. The largest absolute Gasteiger partial charge is 0.420 e. The van der Waals surface area contributed by atoms with Crippen LogP contribution in [-0.4, -0.2) is 10.2 Å². The standard InChI is InChI=1S/C11H11FN2O/c1-7(2)10-13-14-11(15-10)8-3-5-9(12)6-4-8/h3-7H,1-2H3. The highest BCUT2D eigenvalue weighted by molar-refractivity contribution is 5.51. The van der Waals surface area contributed by atoms with Gasteiger partial charge in [0.25, 0.3) is 0 Å². The van der Waals surface area contributed by atoms with Crippen molar-refractivity contribution in [2.24, 2.45) is 0 Å². The topological polar surface area (TPSA) is 38.9 Å². The van der Waals surface area contributed by atoms with Crippen LogP contribution in [0.5, 0.6) is 0 Å². The summed E-state index contributed by atoms with van der Waals surface area (Å²) in [5.74, 6) is 0.946. The lowest BCUT2D eigenvalue weighted by molar-refractivity contribution is 0.481. The Kier molecular flexibility index (Phi) is 2.49. The Balaban J connectivity index is 2.33. The Morgan fingerprint density at radius 3 is 2.33 bits per heavy atom. The summed E-state index contributed by atoms with van der Waals surface area (Å²) in [4.78, 5) is 0. The van der Waals surface area contributed by atoms with Crippen LogP contribution in [-0.2, 0) is 0 Å². The van der Waals surface area contributed by atoms with Gasteiger partial charge in [0, 0.05) is 11.5 Å². The molecule has 0 unspecified atom stereocenters. The molecule has 1 heterocycles. The van der Waals surface area contributed by atoms with Gasteiger partial charge >= 0.3 is 0 Å². The van der Waals surface area contributed by atoms with Gasteiger partial charge in [-0.2, -0.15) is 0 Å². The van der Waals surface area contributed by atoms with Crippen LogP contribution in [0, 0.1) is 5.82 Å². The molecule has 0 amide bonds. The molecule has 78 valence electrons. The molecule has 15 heavy (non-hydrogen) atoms. The van der Waals surface area contributed by atoms with Gasteiger partial charge < -0.3 is 4.42 Å². The molecule has 0 aliphatic rings. The molecule has 0 saturated heterocycles. The molecular weight excluding hydrogens is 195 g/mol. The van der Waals surface area contributed by atoms with E-state index >= 15 is 0 Å². The second kappa shape index (κ2) is 3.81. The van der Waals surface area contributed by atoms with E-state index in [0.717, 1.165) is 5.56 Å². The quantitative estimate of drug-likeness (QED) is 0.758. The minimum absolute atomic E-state index is 0.201. The maximum atomic E-state index is 12.7. The molecule has 1 aromatic heterocycles. The fraction of sp³-hybridized carbons (Fsp3) is 0.273. The molecule has 4 heteroatoms. The first kappa shape index (κ1) is 9.83. The Morgan fingerprint density at radius 1 is 1.13 bits per heavy atom. The Bertz CT molecular complexity index is 448. The van der Waals surface area contributed by atoms with E-state index in [4.69, 9.17) is 4.42 Å². The average Bonchev–Trinajstić information content (AvgIpc) is 2.68. The zero-order chi connectivity index (χ0) is 10.8. The highest BCUT2D eigenvalue weighted by Gasteiger charge is 2.10. The van der Waals surface area contributed by atoms with E-state index < -0.39 is 0 Å². The number of nitrogens with zero attached hydrogens (tertiary/aromatic N) is 2. The van der Waals surface area contributed by atoms with Gasteiger partial charge in [-0.3, -0.25) is 0 Å². The first-order valence-corrected chi connectivity index (χ1v) is 4.76. The minimum Gasteiger partial charge on any atom is -0.420 e. The average molecular weight is 206 g/mol. The molecule has 2 rings (SSSR count). The van der Waals surface area contributed by atoms with Crippen molar-refractivity contribution in [1.82, 2.24) is 10.2 Å². The summed E-state index contributed by atoms with van der Waals surface area (Å²) in [6.45, 7) is 3.95. The molecule has 0 fully saturated rings. The van der Waals surface area contributed by atoms with Crippen LogP contribution in [0.4, 0.5) is 4.39 Å². The van der Waals surface area contributed by atoms with E-state index in [9.17, 15) is 4.39 Å². The number of aromatic nitrogens is 2. The van der Waals surface area contributed by atoms with Gasteiger partial charge in [0.1, 0.15) is 5.82 Å². The molecule has 2 aromatic rings. The highest BCUT2D eigenvalue weighted by Crippen LogP contribution is 2.21. The molecule has 3 nitrogen and oxygen atoms in total. The molecule has 1 aromatic carbocycles. The second-order valence-corrected chi connectivity index (χ2v) is 3.61. The van der Waals surface area contributed by atoms with Gasteiger partial charge in [0.15, 0.2) is 0 Å². The summed E-state index contributed by atoms with van der Waals surface area (Å²) in [5.41, 5.74) is 0.732. The third-order valence-electron chi connectivity index (χ3n) is 2.03. The van der Waals surface area contributed by atoms with E-state index in [1.54, 1.807) is 12.1 Å². The normalized spacial score (nSPS) is 10.9. The van der Waals surface area contributed by atoms with Crippen LogP contribution >= 0.6 is 0 Å². The summed E-state index contributed by atoms with van der Waals surface area (Å²) >= 11 is 0. The van der Waals surface area contributed by atoms with Gasteiger partial charge in [-0.1, -0.05) is 13.8 Å². The van der Waals surface area contributed by atoms with Crippen LogP contribution in [0.2, 0.25) is 0 Å². The molecule has 0 atom stereocenters. The van der Waals surface area contributed by atoms with Gasteiger partial charge in [0.2, 0.25) is 11.8 Å². The molecule has 0 bridgehead atoms. The first-order chi connectivity index (χ1) is 7.16. The molecule has 0 aliphatic heterocycles. The Labute approximate surface area is 87.0 Å². The molecule has 0 radical (unpaired) electrons. The van der Waals surface area contributed by atoms with Gasteiger partial charge in [-0.15, -0.1) is 10.2 Å². The monoisotopic (exact) mass is 206 g/mol. The van der Waals surface area contributed by atoms with Crippen molar-refractivity contribution >= 4 is 0 Å². The van der Waals surface area contributed by atoms with Crippen molar-refractivity contribution in [3.63, 3.8) is 0 Å². The van der Waals surface area contributed by atoms with Crippen molar-refractivity contribution in [3.05, 3.63) is 36.0 Å². The smallest absolute Gasteiger partial charge is 0.247 e. The third-order valence-corrected chi connectivity index (χ3v) is 2.03. The lowest BCUT2D eigenvalue weighted by Gasteiger charge is -1.95. The summed E-state index contributed by atoms with van der Waals surface area (Å²) < 4.78 is 18.1. The van der Waals surface area contributed by atoms with Crippen molar-refractivity contribution in [2.75, 3.05) is 0 Å². The maximum Gasteiger partial charge on any atom is 0.247 e. The predicted molar refractivity (Wildman–Crippen MR) is 53.8 cm³/mol. The minimum atomic E-state index is -0.276. The fourth-order valence-electron chi connectivity index (χ4n) is 1.18. The van der Waals surface area contributed by atoms with Crippen LogP contribution in [0.3, 0.4) is 0 Å². The SMILES string of the molecule is CC(C)c1nnc(-c2ccc(F)cc2)o1. The van der Waals surface area contributed by atoms with Crippen molar-refractivity contribution in [2.45, 2.75) is 19.8 Å². The van der Waals surface area contributed by atoms with Crippen LogP contribution in [0.25, 0.3) is 11.5 Å². The van der Waals surface area contributed by atoms with Crippen molar-refractivity contribution in [1.29, 1.82) is 0 Å². The summed E-state index contributed by atoms with van der Waals surface area (Å²) in [6.07, 6.45) is 0. The van der Waals surface area contributed by atoms with Gasteiger partial charge in [-0.25, -0.2) is 4.39 Å². The number of benzene rings is 1. The summed E-state index contributed by atoms with van der Waals surface area (Å²) in [5, 5.41) is 7.80. The van der Waals surface area contributed by atoms with E-state index in [2.05, 4.69) is 10.2 Å². The number of hydrogen-bond donors (Lipinski definition) is 0. The van der Waals surface area contributed by atoms with Gasteiger partial charge in [0.05, 0.1) is 0 Å². The van der Waals surface area contributed by atoms with E-state index in [0.29, 0.717) is 11.8 Å². The number of halogens is 1. The second-order valence-electron chi connectivity index (χ2n) is 3.61.